The van der Waals surface area contributed by atoms with E-state index in [1.807, 2.05) is 6.07 Å². The van der Waals surface area contributed by atoms with E-state index >= 15 is 0 Å². The molecule has 10 heteroatoms. The minimum atomic E-state index is -4.78. The average molecular weight is 468 g/mol. The molecule has 150 valence electrons. The van der Waals surface area contributed by atoms with Crippen molar-refractivity contribution < 1.29 is 27.4 Å². The molecule has 6 nitrogen and oxygen atoms in total. The molecule has 1 aromatic heterocycles. The Bertz CT molecular complexity index is 998. The van der Waals surface area contributed by atoms with Crippen LogP contribution in [0.1, 0.15) is 0 Å². The fourth-order valence-electron chi connectivity index (χ4n) is 2.23. The summed E-state index contributed by atoms with van der Waals surface area (Å²) in [6.45, 7) is 0. The second kappa shape index (κ2) is 8.82. The van der Waals surface area contributed by atoms with Crippen molar-refractivity contribution in [3.63, 3.8) is 0 Å². The minimum Gasteiger partial charge on any atom is -0.437 e. The van der Waals surface area contributed by atoms with Crippen LogP contribution in [-0.2, 0) is 0 Å². The quantitative estimate of drug-likeness (QED) is 0.469. The van der Waals surface area contributed by atoms with Crippen molar-refractivity contribution in [1.29, 1.82) is 0 Å². The molecule has 0 saturated heterocycles. The lowest BCUT2D eigenvalue weighted by Gasteiger charge is -2.12. The molecule has 29 heavy (non-hydrogen) atoms. The van der Waals surface area contributed by atoms with Crippen LogP contribution < -0.4 is 20.1 Å². The fourth-order valence-corrected chi connectivity index (χ4v) is 2.61. The van der Waals surface area contributed by atoms with Gasteiger partial charge in [-0.25, -0.2) is 9.78 Å². The summed E-state index contributed by atoms with van der Waals surface area (Å²) in [5.41, 5.74) is 0.581. The third kappa shape index (κ3) is 6.39. The first-order valence-electron chi connectivity index (χ1n) is 8.11. The van der Waals surface area contributed by atoms with Crippen molar-refractivity contribution in [3.05, 3.63) is 71.3 Å². The number of urea groups is 1. The van der Waals surface area contributed by atoms with Gasteiger partial charge in [0.1, 0.15) is 17.2 Å². The number of hydrogen-bond donors (Lipinski definition) is 2. The Balaban J connectivity index is 1.65. The molecule has 0 spiro atoms. The van der Waals surface area contributed by atoms with Gasteiger partial charge in [0.15, 0.2) is 0 Å². The van der Waals surface area contributed by atoms with Gasteiger partial charge in [-0.2, -0.15) is 0 Å². The molecule has 0 aliphatic heterocycles. The largest absolute Gasteiger partial charge is 0.573 e. The van der Waals surface area contributed by atoms with Gasteiger partial charge >= 0.3 is 12.4 Å². The van der Waals surface area contributed by atoms with E-state index in [1.165, 1.54) is 18.3 Å². The predicted octanol–water partition coefficient (Wildman–Crippen LogP) is 6.18. The SMILES string of the molecule is O=C(Nc1ccc(OC(F)(F)F)cc1)Nc1cccnc1Oc1cccc(Br)c1. The molecular formula is C19H13BrF3N3O3. The van der Waals surface area contributed by atoms with E-state index < -0.39 is 12.4 Å². The summed E-state index contributed by atoms with van der Waals surface area (Å²) < 4.78 is 46.9. The highest BCUT2D eigenvalue weighted by atomic mass is 79.9. The molecular weight excluding hydrogens is 455 g/mol. The number of carbonyl (C=O) groups excluding carboxylic acids is 1. The van der Waals surface area contributed by atoms with Gasteiger partial charge in [-0.3, -0.25) is 0 Å². The molecule has 2 aromatic carbocycles. The maximum absolute atomic E-state index is 12.2. The maximum atomic E-state index is 12.2. The first-order chi connectivity index (χ1) is 13.8. The van der Waals surface area contributed by atoms with E-state index in [0.29, 0.717) is 11.4 Å². The normalized spacial score (nSPS) is 10.9. The van der Waals surface area contributed by atoms with Gasteiger partial charge in [0.05, 0.1) is 0 Å². The number of benzene rings is 2. The van der Waals surface area contributed by atoms with E-state index in [-0.39, 0.29) is 17.3 Å². The minimum absolute atomic E-state index is 0.176. The maximum Gasteiger partial charge on any atom is 0.573 e. The van der Waals surface area contributed by atoms with Gasteiger partial charge in [0.25, 0.3) is 0 Å². The molecule has 0 atom stereocenters. The molecule has 2 amide bonds. The van der Waals surface area contributed by atoms with Crippen LogP contribution in [0.5, 0.6) is 17.4 Å². The average Bonchev–Trinajstić information content (AvgIpc) is 2.64. The third-order valence-corrected chi connectivity index (χ3v) is 3.87. The van der Waals surface area contributed by atoms with Gasteiger partial charge in [-0.15, -0.1) is 13.2 Å². The number of amides is 2. The first-order valence-corrected chi connectivity index (χ1v) is 8.90. The first kappa shape index (κ1) is 20.5. The number of hydrogen-bond acceptors (Lipinski definition) is 4. The molecule has 0 saturated carbocycles. The molecule has 3 rings (SSSR count). The molecule has 0 aliphatic carbocycles. The molecule has 3 aromatic rings. The summed E-state index contributed by atoms with van der Waals surface area (Å²) in [7, 11) is 0. The van der Waals surface area contributed by atoms with Crippen LogP contribution in [0.3, 0.4) is 0 Å². The molecule has 2 N–H and O–H groups in total. The summed E-state index contributed by atoms with van der Waals surface area (Å²) in [5, 5.41) is 5.09. The Hall–Kier alpha value is -3.27. The summed E-state index contributed by atoms with van der Waals surface area (Å²) in [6.07, 6.45) is -3.27. The second-order valence-electron chi connectivity index (χ2n) is 5.57. The Morgan fingerprint density at radius 1 is 0.966 bits per heavy atom. The van der Waals surface area contributed by atoms with Crippen LogP contribution in [0.25, 0.3) is 0 Å². The van der Waals surface area contributed by atoms with Crippen LogP contribution in [0.2, 0.25) is 0 Å². The smallest absolute Gasteiger partial charge is 0.437 e. The van der Waals surface area contributed by atoms with Gasteiger partial charge in [-0.1, -0.05) is 22.0 Å². The molecule has 0 aliphatic rings. The Morgan fingerprint density at radius 2 is 1.72 bits per heavy atom. The number of nitrogens with zero attached hydrogens (tertiary/aromatic N) is 1. The zero-order valence-corrected chi connectivity index (χ0v) is 16.1. The second-order valence-corrected chi connectivity index (χ2v) is 6.48. The number of aromatic nitrogens is 1. The van der Waals surface area contributed by atoms with Crippen molar-refractivity contribution in [2.24, 2.45) is 0 Å². The van der Waals surface area contributed by atoms with Crippen molar-refractivity contribution in [3.8, 4) is 17.4 Å². The summed E-state index contributed by atoms with van der Waals surface area (Å²) >= 11 is 3.34. The Morgan fingerprint density at radius 3 is 2.41 bits per heavy atom. The van der Waals surface area contributed by atoms with Crippen LogP contribution >= 0.6 is 15.9 Å². The highest BCUT2D eigenvalue weighted by Crippen LogP contribution is 2.29. The van der Waals surface area contributed by atoms with E-state index in [9.17, 15) is 18.0 Å². The monoisotopic (exact) mass is 467 g/mol. The van der Waals surface area contributed by atoms with E-state index in [4.69, 9.17) is 4.74 Å². The lowest BCUT2D eigenvalue weighted by atomic mass is 10.3. The fraction of sp³-hybridized carbons (Fsp3) is 0.0526. The number of ether oxygens (including phenoxy) is 2. The van der Waals surface area contributed by atoms with Crippen LogP contribution in [0.4, 0.5) is 29.3 Å². The number of rotatable bonds is 5. The number of pyridine rings is 1. The molecule has 1 heterocycles. The highest BCUT2D eigenvalue weighted by Gasteiger charge is 2.30. The van der Waals surface area contributed by atoms with E-state index in [2.05, 4.69) is 36.3 Å². The van der Waals surface area contributed by atoms with Gasteiger partial charge in [0.2, 0.25) is 5.88 Å². The van der Waals surface area contributed by atoms with E-state index in [1.54, 1.807) is 30.3 Å². The van der Waals surface area contributed by atoms with Gasteiger partial charge in [0, 0.05) is 16.4 Å². The third-order valence-electron chi connectivity index (χ3n) is 3.38. The highest BCUT2D eigenvalue weighted by molar-refractivity contribution is 9.10. The molecule has 0 bridgehead atoms. The summed E-state index contributed by atoms with van der Waals surface area (Å²) in [5.74, 6) is 0.303. The number of alkyl halides is 3. The summed E-state index contributed by atoms with van der Waals surface area (Å²) in [4.78, 5) is 16.3. The Labute approximate surface area is 171 Å². The molecule has 0 fully saturated rings. The van der Waals surface area contributed by atoms with Crippen molar-refractivity contribution >= 4 is 33.3 Å². The van der Waals surface area contributed by atoms with Crippen molar-refractivity contribution in [2.45, 2.75) is 6.36 Å². The Kier molecular flexibility index (Phi) is 6.23. The zero-order valence-electron chi connectivity index (χ0n) is 14.5. The number of halogens is 4. The zero-order chi connectivity index (χ0) is 20.9. The standard InChI is InChI=1S/C19H13BrF3N3O3/c20-12-3-1-4-15(11-12)28-17-16(5-2-10-24-17)26-18(27)25-13-6-8-14(9-7-13)29-19(21,22)23/h1-11H,(H2,25,26,27). The topological polar surface area (TPSA) is 72.5 Å². The number of anilines is 2. The van der Waals surface area contributed by atoms with Crippen LogP contribution in [-0.4, -0.2) is 17.4 Å². The number of nitrogens with one attached hydrogen (secondary N) is 2. The van der Waals surface area contributed by atoms with Crippen molar-refractivity contribution in [1.82, 2.24) is 4.98 Å². The van der Waals surface area contributed by atoms with Crippen molar-refractivity contribution in [2.75, 3.05) is 10.6 Å². The van der Waals surface area contributed by atoms with Gasteiger partial charge < -0.3 is 20.1 Å². The lowest BCUT2D eigenvalue weighted by molar-refractivity contribution is -0.274. The molecule has 0 unspecified atom stereocenters. The van der Waals surface area contributed by atoms with Crippen LogP contribution in [0.15, 0.2) is 71.3 Å². The molecule has 0 radical (unpaired) electrons. The van der Waals surface area contributed by atoms with E-state index in [0.717, 1.165) is 16.6 Å². The lowest BCUT2D eigenvalue weighted by Crippen LogP contribution is -2.20. The summed E-state index contributed by atoms with van der Waals surface area (Å²) in [6, 6.07) is 14.4. The number of carbonyl (C=O) groups is 1. The van der Waals surface area contributed by atoms with Crippen LogP contribution in [0, 0.1) is 0 Å². The van der Waals surface area contributed by atoms with Gasteiger partial charge in [-0.05, 0) is 54.6 Å². The predicted molar refractivity (Wildman–Crippen MR) is 104 cm³/mol.